The molecule has 0 bridgehead atoms. The highest BCUT2D eigenvalue weighted by atomic mass is 127. The number of amides is 2. The van der Waals surface area contributed by atoms with E-state index in [1.165, 1.54) is 0 Å². The maximum absolute atomic E-state index is 12.1. The second kappa shape index (κ2) is 13.1. The van der Waals surface area contributed by atoms with Crippen LogP contribution < -0.4 is 11.1 Å². The molecule has 8 nitrogen and oxygen atoms in total. The largest absolute Gasteiger partial charge is 0.444 e. The molecule has 0 saturated carbocycles. The van der Waals surface area contributed by atoms with Gasteiger partial charge in [-0.2, -0.15) is 0 Å². The minimum absolute atomic E-state index is 0. The molecule has 0 radical (unpaired) electrons. The van der Waals surface area contributed by atoms with Crippen molar-refractivity contribution in [3.8, 4) is 0 Å². The topological polar surface area (TPSA) is 100 Å². The maximum Gasteiger partial charge on any atom is 0.410 e. The Morgan fingerprint density at radius 3 is 2.59 bits per heavy atom. The first kappa shape index (κ1) is 27.7. The first-order chi connectivity index (χ1) is 13.0. The number of rotatable bonds is 7. The lowest BCUT2D eigenvalue weighted by molar-refractivity contribution is -0.119. The molecule has 1 aliphatic rings. The van der Waals surface area contributed by atoms with E-state index in [1.54, 1.807) is 11.9 Å². The fraction of sp³-hybridized carbons (Fsp3) is 0.850. The van der Waals surface area contributed by atoms with Gasteiger partial charge in [-0.1, -0.05) is 6.92 Å². The molecule has 170 valence electrons. The summed E-state index contributed by atoms with van der Waals surface area (Å²) in [7, 11) is 1.75. The van der Waals surface area contributed by atoms with Crippen LogP contribution in [0, 0.1) is 11.8 Å². The van der Waals surface area contributed by atoms with Crippen LogP contribution in [0.4, 0.5) is 4.79 Å². The number of guanidine groups is 1. The number of ether oxygens (including phenoxy) is 1. The Bertz CT molecular complexity index is 551. The van der Waals surface area contributed by atoms with Gasteiger partial charge in [0.25, 0.3) is 0 Å². The molecule has 9 heteroatoms. The number of nitrogens with zero attached hydrogens (tertiary/aromatic N) is 3. The summed E-state index contributed by atoms with van der Waals surface area (Å²) in [5.74, 6) is 1.10. The van der Waals surface area contributed by atoms with Crippen molar-refractivity contribution in [3.05, 3.63) is 0 Å². The molecule has 0 aromatic heterocycles. The summed E-state index contributed by atoms with van der Waals surface area (Å²) >= 11 is 0. The predicted octanol–water partition coefficient (Wildman–Crippen LogP) is 2.66. The minimum atomic E-state index is -0.499. The van der Waals surface area contributed by atoms with Crippen LogP contribution in [0.25, 0.3) is 0 Å². The Labute approximate surface area is 193 Å². The molecule has 2 unspecified atom stereocenters. The fourth-order valence-corrected chi connectivity index (χ4v) is 3.32. The van der Waals surface area contributed by atoms with E-state index in [9.17, 15) is 9.59 Å². The van der Waals surface area contributed by atoms with Crippen LogP contribution in [0.1, 0.15) is 53.9 Å². The number of likely N-dealkylation sites (tertiary alicyclic amines) is 1. The summed E-state index contributed by atoms with van der Waals surface area (Å²) in [5, 5.41) is 3.34. The molecule has 0 aliphatic carbocycles. The van der Waals surface area contributed by atoms with Gasteiger partial charge in [0.15, 0.2) is 5.96 Å². The van der Waals surface area contributed by atoms with Crippen molar-refractivity contribution in [1.29, 1.82) is 0 Å². The van der Waals surface area contributed by atoms with Crippen LogP contribution in [-0.2, 0) is 9.53 Å². The van der Waals surface area contributed by atoms with E-state index in [2.05, 4.69) is 17.1 Å². The van der Waals surface area contributed by atoms with E-state index in [1.807, 2.05) is 27.7 Å². The minimum Gasteiger partial charge on any atom is -0.444 e. The van der Waals surface area contributed by atoms with Gasteiger partial charge in [0.2, 0.25) is 5.91 Å². The van der Waals surface area contributed by atoms with Gasteiger partial charge in [-0.05, 0) is 52.4 Å². The SMILES string of the molecule is CCNC(=NCC(C)CN(C)C(=O)OC(C)(C)C)N1CCCC(CC(N)=O)C1.I. The molecule has 1 saturated heterocycles. The number of nitrogens with one attached hydrogen (secondary N) is 1. The molecular weight excluding hydrogens is 485 g/mol. The number of hydrogen-bond acceptors (Lipinski definition) is 4. The van der Waals surface area contributed by atoms with E-state index < -0.39 is 5.60 Å². The van der Waals surface area contributed by atoms with Crippen molar-refractivity contribution in [3.63, 3.8) is 0 Å². The predicted molar refractivity (Wildman–Crippen MR) is 128 cm³/mol. The molecule has 2 atom stereocenters. The zero-order valence-electron chi connectivity index (χ0n) is 18.9. The standard InChI is InChI=1S/C20H39N5O3.HI/c1-7-22-18(25-10-8-9-16(14-25)11-17(21)26)23-12-15(2)13-24(6)19(27)28-20(3,4)5;/h15-16H,7-14H2,1-6H3,(H2,21,26)(H,22,23);1H. The summed E-state index contributed by atoms with van der Waals surface area (Å²) in [6.07, 6.45) is 2.16. The number of hydrogen-bond donors (Lipinski definition) is 2. The highest BCUT2D eigenvalue weighted by molar-refractivity contribution is 14.0. The molecule has 1 fully saturated rings. The van der Waals surface area contributed by atoms with Crippen LogP contribution >= 0.6 is 24.0 Å². The van der Waals surface area contributed by atoms with Crippen LogP contribution in [0.3, 0.4) is 0 Å². The van der Waals surface area contributed by atoms with Gasteiger partial charge in [0, 0.05) is 46.2 Å². The summed E-state index contributed by atoms with van der Waals surface area (Å²) in [6, 6.07) is 0. The molecule has 2 amide bonds. The molecule has 1 aliphatic heterocycles. The summed E-state index contributed by atoms with van der Waals surface area (Å²) in [6.45, 7) is 13.4. The number of aliphatic imine (C=N–C) groups is 1. The lowest BCUT2D eigenvalue weighted by Crippen LogP contribution is -2.47. The quantitative estimate of drug-likeness (QED) is 0.303. The van der Waals surface area contributed by atoms with Crippen molar-refractivity contribution in [1.82, 2.24) is 15.1 Å². The van der Waals surface area contributed by atoms with Gasteiger partial charge < -0.3 is 25.6 Å². The third kappa shape index (κ3) is 11.5. The van der Waals surface area contributed by atoms with Gasteiger partial charge in [-0.3, -0.25) is 9.79 Å². The highest BCUT2D eigenvalue weighted by Gasteiger charge is 2.24. The molecule has 1 heterocycles. The molecule has 0 aromatic carbocycles. The number of nitrogens with two attached hydrogens (primary N) is 1. The van der Waals surface area contributed by atoms with Crippen LogP contribution in [0.2, 0.25) is 0 Å². The Kier molecular flexibility index (Phi) is 12.6. The second-order valence-electron chi connectivity index (χ2n) is 8.79. The number of carbonyl (C=O) groups excluding carboxylic acids is 2. The van der Waals surface area contributed by atoms with Crippen molar-refractivity contribution >= 4 is 41.9 Å². The van der Waals surface area contributed by atoms with Crippen molar-refractivity contribution in [2.45, 2.75) is 59.5 Å². The van der Waals surface area contributed by atoms with E-state index in [0.717, 1.165) is 38.4 Å². The van der Waals surface area contributed by atoms with Gasteiger partial charge in [-0.25, -0.2) is 4.79 Å². The Morgan fingerprint density at radius 1 is 1.38 bits per heavy atom. The van der Waals surface area contributed by atoms with Gasteiger partial charge in [-0.15, -0.1) is 24.0 Å². The summed E-state index contributed by atoms with van der Waals surface area (Å²) < 4.78 is 5.40. The molecule has 0 aromatic rings. The smallest absolute Gasteiger partial charge is 0.410 e. The van der Waals surface area contributed by atoms with Crippen LogP contribution in [0.5, 0.6) is 0 Å². The van der Waals surface area contributed by atoms with Gasteiger partial charge >= 0.3 is 6.09 Å². The molecule has 3 N–H and O–H groups in total. The van der Waals surface area contributed by atoms with E-state index in [0.29, 0.717) is 19.5 Å². The third-order valence-electron chi connectivity index (χ3n) is 4.49. The average molecular weight is 525 g/mol. The second-order valence-corrected chi connectivity index (χ2v) is 8.79. The Morgan fingerprint density at radius 2 is 2.03 bits per heavy atom. The first-order valence-electron chi connectivity index (χ1n) is 10.3. The molecule has 29 heavy (non-hydrogen) atoms. The highest BCUT2D eigenvalue weighted by Crippen LogP contribution is 2.19. The lowest BCUT2D eigenvalue weighted by Gasteiger charge is -2.35. The van der Waals surface area contributed by atoms with Gasteiger partial charge in [0.1, 0.15) is 5.60 Å². The number of halogens is 1. The molecule has 0 spiro atoms. The lowest BCUT2D eigenvalue weighted by atomic mass is 9.95. The summed E-state index contributed by atoms with van der Waals surface area (Å²) in [5.41, 5.74) is 4.87. The number of piperidine rings is 1. The van der Waals surface area contributed by atoms with E-state index in [-0.39, 0.29) is 47.8 Å². The maximum atomic E-state index is 12.1. The van der Waals surface area contributed by atoms with Gasteiger partial charge in [0.05, 0.1) is 0 Å². The number of carbonyl (C=O) groups is 2. The zero-order chi connectivity index (χ0) is 21.3. The van der Waals surface area contributed by atoms with Crippen molar-refractivity contribution in [2.24, 2.45) is 22.6 Å². The fourth-order valence-electron chi connectivity index (χ4n) is 3.32. The number of primary amides is 1. The Balaban J connectivity index is 0.00000784. The average Bonchev–Trinajstić information content (AvgIpc) is 2.56. The summed E-state index contributed by atoms with van der Waals surface area (Å²) in [4.78, 5) is 31.9. The van der Waals surface area contributed by atoms with E-state index >= 15 is 0 Å². The molecular formula is C20H40IN5O3. The van der Waals surface area contributed by atoms with Crippen LogP contribution in [-0.4, -0.2) is 73.1 Å². The first-order valence-corrected chi connectivity index (χ1v) is 10.3. The van der Waals surface area contributed by atoms with Crippen molar-refractivity contribution in [2.75, 3.05) is 39.8 Å². The Hall–Kier alpha value is -1.26. The van der Waals surface area contributed by atoms with Crippen molar-refractivity contribution < 1.29 is 14.3 Å². The third-order valence-corrected chi connectivity index (χ3v) is 4.49. The van der Waals surface area contributed by atoms with E-state index in [4.69, 9.17) is 15.5 Å². The monoisotopic (exact) mass is 525 g/mol. The van der Waals surface area contributed by atoms with Crippen LogP contribution in [0.15, 0.2) is 4.99 Å². The molecule has 1 rings (SSSR count). The normalized spacial score (nSPS) is 18.5. The zero-order valence-corrected chi connectivity index (χ0v) is 21.2.